The van der Waals surface area contributed by atoms with Gasteiger partial charge in [0.2, 0.25) is 0 Å². The van der Waals surface area contributed by atoms with Crippen LogP contribution in [0.25, 0.3) is 0 Å². The van der Waals surface area contributed by atoms with Gasteiger partial charge in [-0.1, -0.05) is 19.3 Å². The lowest BCUT2D eigenvalue weighted by Crippen LogP contribution is -2.42. The Bertz CT molecular complexity index is 151. The van der Waals surface area contributed by atoms with Gasteiger partial charge in [-0.2, -0.15) is 0 Å². The second-order valence-electron chi connectivity index (χ2n) is 4.60. The summed E-state index contributed by atoms with van der Waals surface area (Å²) in [5, 5.41) is 3.45. The van der Waals surface area contributed by atoms with Gasteiger partial charge in [-0.25, -0.2) is 0 Å². The van der Waals surface area contributed by atoms with E-state index in [1.165, 1.54) is 51.6 Å². The van der Waals surface area contributed by atoms with Crippen LogP contribution in [-0.4, -0.2) is 37.1 Å². The molecule has 1 saturated heterocycles. The van der Waals surface area contributed by atoms with Crippen molar-refractivity contribution in [2.24, 2.45) is 0 Å². The molecule has 2 rings (SSSR count). The Balaban J connectivity index is 0.000000980. The van der Waals surface area contributed by atoms with E-state index in [1.54, 1.807) is 0 Å². The van der Waals surface area contributed by atoms with Crippen molar-refractivity contribution in [1.82, 2.24) is 10.2 Å². The summed E-state index contributed by atoms with van der Waals surface area (Å²) in [6.45, 7) is 2.44. The highest BCUT2D eigenvalue weighted by Gasteiger charge is 2.26. The number of hydrogen-bond donors (Lipinski definition) is 1. The molecule has 0 aromatic rings. The Morgan fingerprint density at radius 3 is 2.29 bits per heavy atom. The van der Waals surface area contributed by atoms with Crippen LogP contribution in [0.3, 0.4) is 0 Å². The fraction of sp³-hybridized carbons (Fsp3) is 1.00. The van der Waals surface area contributed by atoms with Crippen LogP contribution < -0.4 is 5.32 Å². The Morgan fingerprint density at radius 1 is 1.00 bits per heavy atom. The molecule has 2 aliphatic rings. The monoisotopic (exact) mass is 218 g/mol. The number of nitrogens with one attached hydrogen (secondary N) is 1. The standard InChI is InChI=1S/C11H22N2.ClH/c1-13(11-7-8-12-9-11)10-5-3-2-4-6-10;/h10-12H,2-9H2,1H3;1H. The quantitative estimate of drug-likeness (QED) is 0.763. The first-order valence-electron chi connectivity index (χ1n) is 5.80. The Morgan fingerprint density at radius 2 is 1.71 bits per heavy atom. The molecular formula is C11H23ClN2. The minimum absolute atomic E-state index is 0. The average Bonchev–Trinajstić information content (AvgIpc) is 2.71. The molecule has 0 bridgehead atoms. The highest BCUT2D eigenvalue weighted by Crippen LogP contribution is 2.24. The zero-order valence-electron chi connectivity index (χ0n) is 9.17. The van der Waals surface area contributed by atoms with Gasteiger partial charge < -0.3 is 5.32 Å². The van der Waals surface area contributed by atoms with Gasteiger partial charge in [0.05, 0.1) is 0 Å². The fourth-order valence-corrected chi connectivity index (χ4v) is 2.77. The van der Waals surface area contributed by atoms with E-state index in [0.717, 1.165) is 12.1 Å². The van der Waals surface area contributed by atoms with Crippen LogP contribution in [0.1, 0.15) is 38.5 Å². The molecule has 14 heavy (non-hydrogen) atoms. The van der Waals surface area contributed by atoms with Crippen LogP contribution in [0.2, 0.25) is 0 Å². The summed E-state index contributed by atoms with van der Waals surface area (Å²) in [5.74, 6) is 0. The molecule has 2 fully saturated rings. The number of nitrogens with zero attached hydrogens (tertiary/aromatic N) is 1. The first-order valence-corrected chi connectivity index (χ1v) is 5.80. The zero-order chi connectivity index (χ0) is 9.10. The van der Waals surface area contributed by atoms with Gasteiger partial charge in [0.25, 0.3) is 0 Å². The Kier molecular flexibility index (Phi) is 5.21. The van der Waals surface area contributed by atoms with E-state index >= 15 is 0 Å². The molecule has 0 amide bonds. The molecule has 0 aromatic heterocycles. The van der Waals surface area contributed by atoms with Gasteiger partial charge >= 0.3 is 0 Å². The molecule has 0 aromatic carbocycles. The molecule has 0 spiro atoms. The lowest BCUT2D eigenvalue weighted by atomic mass is 9.93. The Labute approximate surface area is 93.8 Å². The molecular weight excluding hydrogens is 196 g/mol. The molecule has 2 nitrogen and oxygen atoms in total. The van der Waals surface area contributed by atoms with Gasteiger partial charge in [0.1, 0.15) is 0 Å². The second-order valence-corrected chi connectivity index (χ2v) is 4.60. The van der Waals surface area contributed by atoms with Gasteiger partial charge in [-0.15, -0.1) is 12.4 Å². The van der Waals surface area contributed by atoms with E-state index < -0.39 is 0 Å². The van der Waals surface area contributed by atoms with Crippen molar-refractivity contribution in [3.05, 3.63) is 0 Å². The normalized spacial score (nSPS) is 29.1. The predicted octanol–water partition coefficient (Wildman–Crippen LogP) is 2.03. The maximum atomic E-state index is 3.45. The van der Waals surface area contributed by atoms with Gasteiger partial charge in [-0.3, -0.25) is 4.90 Å². The highest BCUT2D eigenvalue weighted by atomic mass is 35.5. The molecule has 84 valence electrons. The summed E-state index contributed by atoms with van der Waals surface area (Å²) in [5.41, 5.74) is 0. The smallest absolute Gasteiger partial charge is 0.0232 e. The largest absolute Gasteiger partial charge is 0.315 e. The van der Waals surface area contributed by atoms with E-state index in [2.05, 4.69) is 17.3 Å². The van der Waals surface area contributed by atoms with Crippen LogP contribution in [0, 0.1) is 0 Å². The number of halogens is 1. The SMILES string of the molecule is CN(C1CCCCC1)C1CCNC1.Cl. The Hall–Kier alpha value is 0.210. The van der Waals surface area contributed by atoms with E-state index in [0.29, 0.717) is 0 Å². The van der Waals surface area contributed by atoms with Crippen molar-refractivity contribution in [2.75, 3.05) is 20.1 Å². The summed E-state index contributed by atoms with van der Waals surface area (Å²) in [6, 6.07) is 1.71. The highest BCUT2D eigenvalue weighted by molar-refractivity contribution is 5.85. The average molecular weight is 219 g/mol. The third-order valence-corrected chi connectivity index (χ3v) is 3.76. The third-order valence-electron chi connectivity index (χ3n) is 3.76. The van der Waals surface area contributed by atoms with Gasteiger partial charge in [0.15, 0.2) is 0 Å². The van der Waals surface area contributed by atoms with Crippen molar-refractivity contribution in [1.29, 1.82) is 0 Å². The van der Waals surface area contributed by atoms with Crippen molar-refractivity contribution < 1.29 is 0 Å². The van der Waals surface area contributed by atoms with E-state index in [4.69, 9.17) is 0 Å². The maximum absolute atomic E-state index is 3.45. The van der Waals surface area contributed by atoms with Crippen LogP contribution in [-0.2, 0) is 0 Å². The van der Waals surface area contributed by atoms with Crippen LogP contribution in [0.15, 0.2) is 0 Å². The fourth-order valence-electron chi connectivity index (χ4n) is 2.77. The molecule has 0 radical (unpaired) electrons. The lowest BCUT2D eigenvalue weighted by molar-refractivity contribution is 0.146. The summed E-state index contributed by atoms with van der Waals surface area (Å²) in [7, 11) is 2.33. The minimum Gasteiger partial charge on any atom is -0.315 e. The first kappa shape index (κ1) is 12.3. The lowest BCUT2D eigenvalue weighted by Gasteiger charge is -2.35. The van der Waals surface area contributed by atoms with E-state index in [-0.39, 0.29) is 12.4 Å². The molecule has 1 saturated carbocycles. The predicted molar refractivity (Wildman–Crippen MR) is 63.2 cm³/mol. The van der Waals surface area contributed by atoms with E-state index in [9.17, 15) is 0 Å². The summed E-state index contributed by atoms with van der Waals surface area (Å²) in [6.07, 6.45) is 8.60. The summed E-state index contributed by atoms with van der Waals surface area (Å²) < 4.78 is 0. The minimum atomic E-state index is 0. The van der Waals surface area contributed by atoms with Crippen LogP contribution >= 0.6 is 12.4 Å². The molecule has 1 unspecified atom stereocenters. The second kappa shape index (κ2) is 5.94. The number of likely N-dealkylation sites (N-methyl/N-ethyl adjacent to an activating group) is 1. The maximum Gasteiger partial charge on any atom is 0.0232 e. The van der Waals surface area contributed by atoms with Crippen LogP contribution in [0.4, 0.5) is 0 Å². The zero-order valence-corrected chi connectivity index (χ0v) is 9.98. The molecule has 1 atom stereocenters. The topological polar surface area (TPSA) is 15.3 Å². The summed E-state index contributed by atoms with van der Waals surface area (Å²) >= 11 is 0. The van der Waals surface area contributed by atoms with E-state index in [1.807, 2.05) is 0 Å². The molecule has 1 heterocycles. The van der Waals surface area contributed by atoms with Crippen molar-refractivity contribution in [2.45, 2.75) is 50.6 Å². The number of hydrogen-bond acceptors (Lipinski definition) is 2. The van der Waals surface area contributed by atoms with Crippen molar-refractivity contribution in [3.63, 3.8) is 0 Å². The van der Waals surface area contributed by atoms with Crippen molar-refractivity contribution in [3.8, 4) is 0 Å². The first-order chi connectivity index (χ1) is 6.38. The van der Waals surface area contributed by atoms with Gasteiger partial charge in [-0.05, 0) is 32.9 Å². The third kappa shape index (κ3) is 2.85. The molecule has 1 aliphatic heterocycles. The molecule has 3 heteroatoms. The van der Waals surface area contributed by atoms with Crippen LogP contribution in [0.5, 0.6) is 0 Å². The molecule has 1 N–H and O–H groups in total. The van der Waals surface area contributed by atoms with Gasteiger partial charge in [0, 0.05) is 18.6 Å². The summed E-state index contributed by atoms with van der Waals surface area (Å²) in [4.78, 5) is 2.64. The number of rotatable bonds is 2. The molecule has 1 aliphatic carbocycles. The van der Waals surface area contributed by atoms with Crippen molar-refractivity contribution >= 4 is 12.4 Å².